The van der Waals surface area contributed by atoms with Gasteiger partial charge in [-0.2, -0.15) is 5.10 Å². The van der Waals surface area contributed by atoms with E-state index in [9.17, 15) is 9.59 Å². The average molecular weight is 416 g/mol. The lowest BCUT2D eigenvalue weighted by Gasteiger charge is -2.42. The molecular formula is C22H26ClN3O3. The first-order valence-electron chi connectivity index (χ1n) is 10.2. The van der Waals surface area contributed by atoms with E-state index in [1.165, 1.54) is 0 Å². The number of rotatable bonds is 3. The van der Waals surface area contributed by atoms with E-state index < -0.39 is 0 Å². The maximum Gasteiger partial charge on any atom is 0.247 e. The number of ether oxygens (including phenoxy) is 1. The molecule has 1 aliphatic carbocycles. The van der Waals surface area contributed by atoms with Gasteiger partial charge < -0.3 is 9.64 Å². The Labute approximate surface area is 176 Å². The van der Waals surface area contributed by atoms with Gasteiger partial charge in [0.1, 0.15) is 5.75 Å². The lowest BCUT2D eigenvalue weighted by molar-refractivity contribution is -0.142. The summed E-state index contributed by atoms with van der Waals surface area (Å²) >= 11 is 6.37. The third-order valence-corrected chi connectivity index (χ3v) is 6.54. The fourth-order valence-corrected chi connectivity index (χ4v) is 4.84. The van der Waals surface area contributed by atoms with E-state index in [0.717, 1.165) is 37.0 Å². The first-order valence-corrected chi connectivity index (χ1v) is 10.5. The summed E-state index contributed by atoms with van der Waals surface area (Å²) in [4.78, 5) is 26.8. The number of hydrazone groups is 1. The number of carbonyl (C=O) groups is 2. The summed E-state index contributed by atoms with van der Waals surface area (Å²) in [7, 11) is 1.59. The largest absolute Gasteiger partial charge is 0.495 e. The Bertz CT molecular complexity index is 874. The number of hydrogen-bond acceptors (Lipinski definition) is 4. The number of nitrogens with zero attached hydrogens (tertiary/aromatic N) is 3. The Kier molecular flexibility index (Phi) is 5.63. The molecule has 7 heteroatoms. The summed E-state index contributed by atoms with van der Waals surface area (Å²) in [6.07, 6.45) is 7.26. The van der Waals surface area contributed by atoms with Gasteiger partial charge in [0.2, 0.25) is 11.8 Å². The van der Waals surface area contributed by atoms with Crippen molar-refractivity contribution in [2.24, 2.45) is 16.9 Å². The van der Waals surface area contributed by atoms with Crippen LogP contribution < -0.4 is 4.74 Å². The molecule has 2 unspecified atom stereocenters. The van der Waals surface area contributed by atoms with Crippen LogP contribution in [0.15, 0.2) is 35.5 Å². The first-order chi connectivity index (χ1) is 14.0. The predicted molar refractivity (Wildman–Crippen MR) is 112 cm³/mol. The van der Waals surface area contributed by atoms with Crippen molar-refractivity contribution in [3.8, 4) is 5.75 Å². The maximum absolute atomic E-state index is 13.3. The Hall–Kier alpha value is -2.34. The normalized spacial score (nSPS) is 24.9. The summed E-state index contributed by atoms with van der Waals surface area (Å²) in [6, 6.07) is 5.71. The van der Waals surface area contributed by atoms with Gasteiger partial charge in [-0.1, -0.05) is 23.8 Å². The molecule has 0 bridgehead atoms. The summed E-state index contributed by atoms with van der Waals surface area (Å²) in [5.74, 6) is 0.771. The topological polar surface area (TPSA) is 62.2 Å². The number of fused-ring (bicyclic) bond motifs is 1. The number of benzene rings is 1. The van der Waals surface area contributed by atoms with Crippen LogP contribution in [0.2, 0.25) is 5.02 Å². The van der Waals surface area contributed by atoms with E-state index in [-0.39, 0.29) is 29.7 Å². The first kappa shape index (κ1) is 20.0. The Morgan fingerprint density at radius 2 is 1.86 bits per heavy atom. The molecule has 29 heavy (non-hydrogen) atoms. The van der Waals surface area contributed by atoms with Crippen LogP contribution in [0.5, 0.6) is 5.75 Å². The molecule has 0 spiro atoms. The molecule has 2 atom stereocenters. The van der Waals surface area contributed by atoms with Gasteiger partial charge in [-0.05, 0) is 49.4 Å². The molecule has 2 aliphatic heterocycles. The van der Waals surface area contributed by atoms with E-state index in [4.69, 9.17) is 21.4 Å². The van der Waals surface area contributed by atoms with Crippen LogP contribution in [0.25, 0.3) is 0 Å². The van der Waals surface area contributed by atoms with Crippen LogP contribution in [-0.2, 0) is 9.59 Å². The Morgan fingerprint density at radius 3 is 2.48 bits per heavy atom. The van der Waals surface area contributed by atoms with Crippen LogP contribution in [0.1, 0.15) is 38.2 Å². The SMILES string of the molecule is COc1ccc(C2=NN(C3CCN(C(C)=O)CC3)C(=O)C3CC=CCC23)cc1Cl. The van der Waals surface area contributed by atoms with Crippen molar-refractivity contribution in [1.29, 1.82) is 0 Å². The van der Waals surface area contributed by atoms with Crippen molar-refractivity contribution in [2.75, 3.05) is 20.2 Å². The monoisotopic (exact) mass is 415 g/mol. The second-order valence-electron chi connectivity index (χ2n) is 7.91. The number of hydrogen-bond donors (Lipinski definition) is 0. The van der Waals surface area contributed by atoms with Gasteiger partial charge in [0.05, 0.1) is 29.8 Å². The third kappa shape index (κ3) is 3.78. The number of amides is 2. The molecule has 2 heterocycles. The van der Waals surface area contributed by atoms with E-state index in [1.807, 2.05) is 23.1 Å². The van der Waals surface area contributed by atoms with Crippen molar-refractivity contribution in [1.82, 2.24) is 9.91 Å². The summed E-state index contributed by atoms with van der Waals surface area (Å²) in [5, 5.41) is 7.11. The van der Waals surface area contributed by atoms with Gasteiger partial charge in [-0.15, -0.1) is 0 Å². The van der Waals surface area contributed by atoms with Crippen molar-refractivity contribution in [2.45, 2.75) is 38.6 Å². The molecule has 1 aromatic rings. The van der Waals surface area contributed by atoms with Gasteiger partial charge in [0.15, 0.2) is 0 Å². The lowest BCUT2D eigenvalue weighted by Crippen LogP contribution is -2.52. The highest BCUT2D eigenvalue weighted by atomic mass is 35.5. The zero-order valence-corrected chi connectivity index (χ0v) is 17.6. The van der Waals surface area contributed by atoms with Crippen LogP contribution in [0.4, 0.5) is 0 Å². The number of carbonyl (C=O) groups excluding carboxylic acids is 2. The highest BCUT2D eigenvalue weighted by Crippen LogP contribution is 2.37. The minimum Gasteiger partial charge on any atom is -0.495 e. The van der Waals surface area contributed by atoms with Crippen molar-refractivity contribution in [3.05, 3.63) is 40.9 Å². The van der Waals surface area contributed by atoms with Crippen molar-refractivity contribution in [3.63, 3.8) is 0 Å². The fraction of sp³-hybridized carbons (Fsp3) is 0.500. The van der Waals surface area contributed by atoms with Crippen LogP contribution in [-0.4, -0.2) is 53.7 Å². The molecule has 1 aromatic carbocycles. The molecule has 0 saturated carbocycles. The molecule has 154 valence electrons. The second-order valence-corrected chi connectivity index (χ2v) is 8.32. The Morgan fingerprint density at radius 1 is 1.17 bits per heavy atom. The third-order valence-electron chi connectivity index (χ3n) is 6.25. The number of halogens is 1. The highest BCUT2D eigenvalue weighted by Gasteiger charge is 2.42. The summed E-state index contributed by atoms with van der Waals surface area (Å²) in [5.41, 5.74) is 1.84. The molecule has 6 nitrogen and oxygen atoms in total. The number of methoxy groups -OCH3 is 1. The predicted octanol–water partition coefficient (Wildman–Crippen LogP) is 3.49. The van der Waals surface area contributed by atoms with Crippen molar-refractivity contribution >= 4 is 29.1 Å². The van der Waals surface area contributed by atoms with E-state index in [1.54, 1.807) is 19.0 Å². The van der Waals surface area contributed by atoms with E-state index in [0.29, 0.717) is 23.9 Å². The van der Waals surface area contributed by atoms with Gasteiger partial charge in [-0.3, -0.25) is 9.59 Å². The lowest BCUT2D eigenvalue weighted by atomic mass is 9.76. The van der Waals surface area contributed by atoms with Gasteiger partial charge >= 0.3 is 0 Å². The fourth-order valence-electron chi connectivity index (χ4n) is 4.58. The molecule has 2 amide bonds. The smallest absolute Gasteiger partial charge is 0.247 e. The molecule has 0 aromatic heterocycles. The minimum atomic E-state index is -0.0980. The highest BCUT2D eigenvalue weighted by molar-refractivity contribution is 6.32. The number of piperidine rings is 1. The molecule has 1 saturated heterocycles. The van der Waals surface area contributed by atoms with Gasteiger partial charge in [-0.25, -0.2) is 5.01 Å². The van der Waals surface area contributed by atoms with Crippen LogP contribution >= 0.6 is 11.6 Å². The van der Waals surface area contributed by atoms with E-state index in [2.05, 4.69) is 12.2 Å². The minimum absolute atomic E-state index is 0.0219. The molecule has 0 N–H and O–H groups in total. The van der Waals surface area contributed by atoms with E-state index >= 15 is 0 Å². The zero-order chi connectivity index (χ0) is 20.5. The van der Waals surface area contributed by atoms with Crippen molar-refractivity contribution < 1.29 is 14.3 Å². The standard InChI is InChI=1S/C22H26ClN3O3/c1-14(27)25-11-9-16(10-12-25)26-22(28)18-6-4-3-5-17(18)21(24-26)15-7-8-20(29-2)19(23)13-15/h3-4,7-8,13,16-18H,5-6,9-12H2,1-2H3. The summed E-state index contributed by atoms with van der Waals surface area (Å²) in [6.45, 7) is 2.92. The molecule has 3 aliphatic rings. The zero-order valence-electron chi connectivity index (χ0n) is 16.8. The van der Waals surface area contributed by atoms with Gasteiger partial charge in [0.25, 0.3) is 0 Å². The van der Waals surface area contributed by atoms with Crippen LogP contribution in [0, 0.1) is 11.8 Å². The quantitative estimate of drug-likeness (QED) is 0.710. The molecule has 4 rings (SSSR count). The Balaban J connectivity index is 1.67. The average Bonchev–Trinajstić information content (AvgIpc) is 2.74. The number of likely N-dealkylation sites (tertiary alicyclic amines) is 1. The van der Waals surface area contributed by atoms with Gasteiger partial charge in [0, 0.05) is 25.9 Å². The maximum atomic E-state index is 13.3. The molecule has 0 radical (unpaired) electrons. The number of allylic oxidation sites excluding steroid dienone is 2. The van der Waals surface area contributed by atoms with Crippen LogP contribution in [0.3, 0.4) is 0 Å². The molecule has 1 fully saturated rings. The summed E-state index contributed by atoms with van der Waals surface area (Å²) < 4.78 is 5.28. The molecular weight excluding hydrogens is 390 g/mol. The second kappa shape index (κ2) is 8.19.